The maximum Gasteiger partial charge on any atom is 0.472 e. The van der Waals surface area contributed by atoms with Crippen LogP contribution in [0.2, 0.25) is 0 Å². The third-order valence-corrected chi connectivity index (χ3v) is 17.0. The molecular formula is C90H145NO8P+. The van der Waals surface area contributed by atoms with Crippen molar-refractivity contribution in [3.8, 4) is 0 Å². The summed E-state index contributed by atoms with van der Waals surface area (Å²) in [6, 6.07) is 0. The summed E-state index contributed by atoms with van der Waals surface area (Å²) in [5, 5.41) is 0. The summed E-state index contributed by atoms with van der Waals surface area (Å²) in [4.78, 5) is 36.0. The van der Waals surface area contributed by atoms with Gasteiger partial charge in [-0.1, -0.05) is 335 Å². The van der Waals surface area contributed by atoms with Gasteiger partial charge in [0.05, 0.1) is 27.7 Å². The minimum atomic E-state index is -4.42. The van der Waals surface area contributed by atoms with Crippen LogP contribution in [-0.4, -0.2) is 74.9 Å². The van der Waals surface area contributed by atoms with E-state index in [1.165, 1.54) is 89.9 Å². The topological polar surface area (TPSA) is 108 Å². The SMILES string of the molecule is CC/C=C\C/C=C\C/C=C\C/C=C\C/C=C\C/C=C\C/C=C\C/C=C\C/C=C\C/C=C\CCCCCCC(=O)OC(COC(=O)CCCCCCCCCCCCCCCCCC/C=C\C/C=C\C/C=C\C/C=C\C/C=C\C/C=C\C/C=C\C/C=C\CC)COP(=O)(O)OCC[N+](C)(C)C. The second-order valence-electron chi connectivity index (χ2n) is 26.6. The molecule has 0 heterocycles. The predicted octanol–water partition coefficient (Wildman–Crippen LogP) is 26.7. The number of phosphoric acid groups is 1. The Morgan fingerprint density at radius 2 is 0.540 bits per heavy atom. The molecule has 9 nitrogen and oxygen atoms in total. The van der Waals surface area contributed by atoms with E-state index in [4.69, 9.17) is 18.5 Å². The normalized spacial score (nSPS) is 14.3. The lowest BCUT2D eigenvalue weighted by Gasteiger charge is -2.24. The highest BCUT2D eigenvalue weighted by molar-refractivity contribution is 7.47. The fraction of sp³-hybridized carbons (Fsp3) is 0.578. The van der Waals surface area contributed by atoms with Crippen LogP contribution in [0, 0.1) is 0 Å². The Labute approximate surface area is 614 Å². The van der Waals surface area contributed by atoms with E-state index in [-0.39, 0.29) is 32.0 Å². The first kappa shape index (κ1) is 94.3. The average Bonchev–Trinajstić information content (AvgIpc) is 1.65. The number of likely N-dealkylation sites (N-methyl/N-ethyl adjacent to an activating group) is 1. The maximum absolute atomic E-state index is 12.9. The van der Waals surface area contributed by atoms with Gasteiger partial charge in [0.2, 0.25) is 0 Å². The number of ether oxygens (including phenoxy) is 2. The van der Waals surface area contributed by atoms with Gasteiger partial charge in [0.25, 0.3) is 0 Å². The van der Waals surface area contributed by atoms with Crippen LogP contribution in [0.15, 0.2) is 219 Å². The van der Waals surface area contributed by atoms with E-state index in [1.54, 1.807) is 0 Å². The van der Waals surface area contributed by atoms with E-state index in [2.05, 4.69) is 233 Å². The van der Waals surface area contributed by atoms with Crippen LogP contribution in [0.4, 0.5) is 0 Å². The fourth-order valence-electron chi connectivity index (χ4n) is 10.1. The summed E-state index contributed by atoms with van der Waals surface area (Å²) in [5.74, 6) is -0.836. The highest BCUT2D eigenvalue weighted by Gasteiger charge is 2.27. The first-order valence-electron chi connectivity index (χ1n) is 39.5. The maximum atomic E-state index is 12.9. The molecule has 0 saturated heterocycles. The van der Waals surface area contributed by atoms with Crippen molar-refractivity contribution in [1.29, 1.82) is 0 Å². The van der Waals surface area contributed by atoms with Gasteiger partial charge in [-0.3, -0.25) is 18.6 Å². The third kappa shape index (κ3) is 81.3. The molecule has 0 rings (SSSR count). The lowest BCUT2D eigenvalue weighted by Crippen LogP contribution is -2.37. The highest BCUT2D eigenvalue weighted by atomic mass is 31.2. The summed E-state index contributed by atoms with van der Waals surface area (Å²) < 4.78 is 34.8. The number of nitrogens with zero attached hydrogens (tertiary/aromatic N) is 1. The molecule has 0 spiro atoms. The largest absolute Gasteiger partial charge is 0.472 e. The van der Waals surface area contributed by atoms with Crippen molar-refractivity contribution in [2.24, 2.45) is 0 Å². The Hall–Kier alpha value is -5.67. The van der Waals surface area contributed by atoms with Crippen molar-refractivity contribution in [1.82, 2.24) is 0 Å². The Kier molecular flexibility index (Phi) is 73.1. The smallest absolute Gasteiger partial charge is 0.462 e. The molecule has 0 amide bonds. The number of phosphoric ester groups is 1. The van der Waals surface area contributed by atoms with Gasteiger partial charge < -0.3 is 18.9 Å². The summed E-state index contributed by atoms with van der Waals surface area (Å²) in [6.45, 7) is 4.16. The van der Waals surface area contributed by atoms with Crippen molar-refractivity contribution in [3.05, 3.63) is 219 Å². The highest BCUT2D eigenvalue weighted by Crippen LogP contribution is 2.43. The van der Waals surface area contributed by atoms with Gasteiger partial charge in [-0.2, -0.15) is 0 Å². The standard InChI is InChI=1S/C90H144NO8P/c1-6-8-10-12-14-16-18-20-22-24-26-28-30-32-34-36-38-40-42-43-44-45-46-47-49-50-52-54-56-58-60-62-64-66-68-70-72-74-76-78-80-82-89(92)96-86-88(87-98-100(94,95)97-85-84-91(3,4)5)99-90(93)83-81-79-77-75-73-71-69-67-65-63-61-59-57-55-53-51-48-41-39-37-35-33-31-29-27-25-23-21-19-17-15-13-11-9-7-2/h8-11,14-17,20-23,26-29,32-35,38-41,43-44,46-47,51,53,57,59,63,65,69,71,88H,6-7,12-13,18-19,24-25,30-31,36-37,42,45,48-50,52,54-56,58,60-62,64,66-68,70,72-87H2,1-5H3/p+1/b10-8-,11-9-,16-14-,17-15-,22-20-,23-21-,28-26-,29-27-,34-32-,35-33-,40-38-,41-39-,44-43-,47-46-,53-51-,59-57-,65-63-,71-69-. The molecule has 0 radical (unpaired) electrons. The number of unbranched alkanes of at least 4 members (excludes halogenated alkanes) is 20. The van der Waals surface area contributed by atoms with E-state index < -0.39 is 26.5 Å². The Bertz CT molecular complexity index is 2500. The molecular weight excluding hydrogens is 1250 g/mol. The van der Waals surface area contributed by atoms with Crippen LogP contribution in [0.1, 0.15) is 284 Å². The number of hydrogen-bond acceptors (Lipinski definition) is 7. The van der Waals surface area contributed by atoms with Gasteiger partial charge in [-0.25, -0.2) is 4.57 Å². The predicted molar refractivity (Wildman–Crippen MR) is 435 cm³/mol. The van der Waals surface area contributed by atoms with Gasteiger partial charge in [0, 0.05) is 12.8 Å². The van der Waals surface area contributed by atoms with Gasteiger partial charge >= 0.3 is 19.8 Å². The molecule has 562 valence electrons. The van der Waals surface area contributed by atoms with E-state index in [9.17, 15) is 19.0 Å². The first-order valence-corrected chi connectivity index (χ1v) is 41.0. The molecule has 1 N–H and O–H groups in total. The van der Waals surface area contributed by atoms with Crippen LogP contribution in [0.25, 0.3) is 0 Å². The molecule has 100 heavy (non-hydrogen) atoms. The molecule has 0 aromatic rings. The third-order valence-electron chi connectivity index (χ3n) is 16.0. The molecule has 2 atom stereocenters. The molecule has 0 aliphatic rings. The van der Waals surface area contributed by atoms with Gasteiger partial charge in [0.1, 0.15) is 19.8 Å². The number of hydrogen-bond donors (Lipinski definition) is 1. The van der Waals surface area contributed by atoms with Gasteiger partial charge in [0.15, 0.2) is 6.10 Å². The van der Waals surface area contributed by atoms with Gasteiger partial charge in [-0.15, -0.1) is 0 Å². The zero-order chi connectivity index (χ0) is 72.5. The zero-order valence-electron chi connectivity index (χ0n) is 64.1. The van der Waals surface area contributed by atoms with Crippen molar-refractivity contribution in [3.63, 3.8) is 0 Å². The number of allylic oxidation sites excluding steroid dienone is 36. The van der Waals surface area contributed by atoms with Gasteiger partial charge in [-0.05, 0) is 154 Å². The molecule has 10 heteroatoms. The number of esters is 2. The quantitative estimate of drug-likeness (QED) is 0.0211. The molecule has 0 aromatic carbocycles. The molecule has 0 aromatic heterocycles. The van der Waals surface area contributed by atoms with Crippen molar-refractivity contribution in [2.45, 2.75) is 290 Å². The number of carbonyl (C=O) groups excluding carboxylic acids is 2. The van der Waals surface area contributed by atoms with E-state index in [1.807, 2.05) is 21.1 Å². The second kappa shape index (κ2) is 77.5. The minimum Gasteiger partial charge on any atom is -0.462 e. The molecule has 2 unspecified atom stereocenters. The van der Waals surface area contributed by atoms with Crippen molar-refractivity contribution < 1.29 is 42.1 Å². The van der Waals surface area contributed by atoms with Crippen LogP contribution < -0.4 is 0 Å². The molecule has 0 fully saturated rings. The summed E-state index contributed by atoms with van der Waals surface area (Å²) in [7, 11) is 1.44. The molecule has 0 aliphatic heterocycles. The summed E-state index contributed by atoms with van der Waals surface area (Å²) in [5.41, 5.74) is 0. The fourth-order valence-corrected chi connectivity index (χ4v) is 10.8. The number of quaternary nitrogens is 1. The van der Waals surface area contributed by atoms with E-state index >= 15 is 0 Å². The number of rotatable bonds is 70. The minimum absolute atomic E-state index is 0.0160. The lowest BCUT2D eigenvalue weighted by molar-refractivity contribution is -0.870. The number of carbonyl (C=O) groups is 2. The second-order valence-corrected chi connectivity index (χ2v) is 28.1. The van der Waals surface area contributed by atoms with Crippen LogP contribution in [0.3, 0.4) is 0 Å². The Balaban J connectivity index is 4.10. The monoisotopic (exact) mass is 1400 g/mol. The summed E-state index contributed by atoms with van der Waals surface area (Å²) >= 11 is 0. The average molecular weight is 1400 g/mol. The lowest BCUT2D eigenvalue weighted by atomic mass is 10.0. The molecule has 0 saturated carbocycles. The van der Waals surface area contributed by atoms with E-state index in [0.717, 1.165) is 161 Å². The zero-order valence-corrected chi connectivity index (χ0v) is 65.0. The first-order chi connectivity index (χ1) is 49.0. The Morgan fingerprint density at radius 1 is 0.310 bits per heavy atom. The van der Waals surface area contributed by atoms with Crippen LogP contribution in [-0.2, 0) is 32.7 Å². The van der Waals surface area contributed by atoms with Crippen LogP contribution >= 0.6 is 7.82 Å². The van der Waals surface area contributed by atoms with Crippen molar-refractivity contribution >= 4 is 19.8 Å². The Morgan fingerprint density at radius 3 is 0.800 bits per heavy atom. The van der Waals surface area contributed by atoms with Crippen molar-refractivity contribution in [2.75, 3.05) is 47.5 Å². The van der Waals surface area contributed by atoms with E-state index in [0.29, 0.717) is 17.4 Å². The van der Waals surface area contributed by atoms with Crippen LogP contribution in [0.5, 0.6) is 0 Å². The molecule has 0 aliphatic carbocycles. The summed E-state index contributed by atoms with van der Waals surface area (Å²) in [6.07, 6.45) is 123. The molecule has 0 bridgehead atoms.